The van der Waals surface area contributed by atoms with E-state index in [-0.39, 0.29) is 5.69 Å². The Balaban J connectivity index is 2.18. The monoisotopic (exact) mass is 238 g/mol. The second-order valence-corrected chi connectivity index (χ2v) is 4.98. The van der Waals surface area contributed by atoms with Crippen molar-refractivity contribution in [2.75, 3.05) is 23.5 Å². The third-order valence-electron chi connectivity index (χ3n) is 2.82. The summed E-state index contributed by atoms with van der Waals surface area (Å²) in [5.74, 6) is 1.32. The zero-order chi connectivity index (χ0) is 11.5. The molecule has 0 saturated carbocycles. The lowest BCUT2D eigenvalue weighted by molar-refractivity contribution is 0.0690. The Morgan fingerprint density at radius 2 is 2.50 bits per heavy atom. The van der Waals surface area contributed by atoms with Gasteiger partial charge in [0.25, 0.3) is 0 Å². The highest BCUT2D eigenvalue weighted by Crippen LogP contribution is 2.25. The van der Waals surface area contributed by atoms with Crippen molar-refractivity contribution in [1.29, 1.82) is 0 Å². The minimum Gasteiger partial charge on any atom is -0.477 e. The maximum atomic E-state index is 10.8. The lowest BCUT2D eigenvalue weighted by Crippen LogP contribution is -2.31. The fourth-order valence-electron chi connectivity index (χ4n) is 1.79. The van der Waals surface area contributed by atoms with Crippen LogP contribution in [0.15, 0.2) is 18.3 Å². The predicted molar refractivity (Wildman–Crippen MR) is 65.3 cm³/mol. The number of hydrogen-bond acceptors (Lipinski definition) is 4. The van der Waals surface area contributed by atoms with Crippen LogP contribution in [0.2, 0.25) is 0 Å². The number of aromatic nitrogens is 1. The zero-order valence-corrected chi connectivity index (χ0v) is 9.91. The molecular weight excluding hydrogens is 224 g/mol. The Morgan fingerprint density at radius 1 is 1.69 bits per heavy atom. The van der Waals surface area contributed by atoms with E-state index in [1.54, 1.807) is 12.3 Å². The normalized spacial score (nSPS) is 19.7. The predicted octanol–water partition coefficient (Wildman–Crippen LogP) is 1.72. The molecule has 86 valence electrons. The maximum absolute atomic E-state index is 10.8. The SMILES string of the molecule is CN(c1ccnc(C(=O)O)c1)C1CCSC1. The van der Waals surface area contributed by atoms with Gasteiger partial charge in [-0.1, -0.05) is 0 Å². The molecule has 0 amide bonds. The topological polar surface area (TPSA) is 53.4 Å². The Hall–Kier alpha value is -1.23. The van der Waals surface area contributed by atoms with Crippen molar-refractivity contribution in [2.24, 2.45) is 0 Å². The first kappa shape index (κ1) is 11.3. The molecule has 0 aromatic carbocycles. The summed E-state index contributed by atoms with van der Waals surface area (Å²) in [4.78, 5) is 16.8. The number of anilines is 1. The summed E-state index contributed by atoms with van der Waals surface area (Å²) in [6.45, 7) is 0. The number of thioether (sulfide) groups is 1. The molecule has 1 aliphatic heterocycles. The molecule has 0 spiro atoms. The highest BCUT2D eigenvalue weighted by Gasteiger charge is 2.20. The molecule has 0 radical (unpaired) electrons. The van der Waals surface area contributed by atoms with Crippen LogP contribution in [0, 0.1) is 0 Å². The highest BCUT2D eigenvalue weighted by atomic mass is 32.2. The number of carboxylic acids is 1. The average molecular weight is 238 g/mol. The van der Waals surface area contributed by atoms with Crippen LogP contribution in [0.1, 0.15) is 16.9 Å². The van der Waals surface area contributed by atoms with Crippen LogP contribution in [0.25, 0.3) is 0 Å². The van der Waals surface area contributed by atoms with Crippen molar-refractivity contribution in [3.63, 3.8) is 0 Å². The van der Waals surface area contributed by atoms with Crippen LogP contribution in [0.5, 0.6) is 0 Å². The number of nitrogens with zero attached hydrogens (tertiary/aromatic N) is 2. The highest BCUT2D eigenvalue weighted by molar-refractivity contribution is 7.99. The van der Waals surface area contributed by atoms with Crippen molar-refractivity contribution in [2.45, 2.75) is 12.5 Å². The number of pyridine rings is 1. The minimum absolute atomic E-state index is 0.106. The van der Waals surface area contributed by atoms with Crippen molar-refractivity contribution < 1.29 is 9.90 Å². The Kier molecular flexibility index (Phi) is 3.33. The van der Waals surface area contributed by atoms with Crippen molar-refractivity contribution in [3.05, 3.63) is 24.0 Å². The van der Waals surface area contributed by atoms with Gasteiger partial charge in [-0.15, -0.1) is 0 Å². The van der Waals surface area contributed by atoms with E-state index in [1.165, 1.54) is 5.75 Å². The summed E-state index contributed by atoms with van der Waals surface area (Å²) in [6.07, 6.45) is 2.71. The van der Waals surface area contributed by atoms with Gasteiger partial charge < -0.3 is 10.0 Å². The van der Waals surface area contributed by atoms with Gasteiger partial charge >= 0.3 is 5.97 Å². The number of carboxylic acid groups (broad SMARTS) is 1. The van der Waals surface area contributed by atoms with Gasteiger partial charge in [-0.2, -0.15) is 11.8 Å². The van der Waals surface area contributed by atoms with Crippen LogP contribution < -0.4 is 4.90 Å². The van der Waals surface area contributed by atoms with E-state index >= 15 is 0 Å². The lowest BCUT2D eigenvalue weighted by Gasteiger charge is -2.25. The number of hydrogen-bond donors (Lipinski definition) is 1. The smallest absolute Gasteiger partial charge is 0.354 e. The van der Waals surface area contributed by atoms with Crippen LogP contribution in [0.3, 0.4) is 0 Å². The molecule has 1 fully saturated rings. The van der Waals surface area contributed by atoms with Gasteiger partial charge in [0.1, 0.15) is 5.69 Å². The molecule has 2 heterocycles. The molecule has 0 bridgehead atoms. The van der Waals surface area contributed by atoms with Gasteiger partial charge in [-0.3, -0.25) is 0 Å². The van der Waals surface area contributed by atoms with E-state index in [1.807, 2.05) is 24.9 Å². The van der Waals surface area contributed by atoms with Crippen LogP contribution in [0.4, 0.5) is 5.69 Å². The quantitative estimate of drug-likeness (QED) is 0.869. The van der Waals surface area contributed by atoms with Crippen molar-refractivity contribution in [3.8, 4) is 0 Å². The summed E-state index contributed by atoms with van der Waals surface area (Å²) < 4.78 is 0. The van der Waals surface area contributed by atoms with E-state index in [4.69, 9.17) is 5.11 Å². The van der Waals surface area contributed by atoms with Crippen LogP contribution >= 0.6 is 11.8 Å². The maximum Gasteiger partial charge on any atom is 0.354 e. The molecule has 1 atom stereocenters. The first-order valence-corrected chi connectivity index (χ1v) is 6.34. The standard InChI is InChI=1S/C11H14N2O2S/c1-13(9-3-5-16-7-9)8-2-4-12-10(6-8)11(14)15/h2,4,6,9H,3,5,7H2,1H3,(H,14,15). The fourth-order valence-corrected chi connectivity index (χ4v) is 3.06. The third kappa shape index (κ3) is 2.29. The molecule has 1 aliphatic rings. The van der Waals surface area contributed by atoms with Crippen molar-refractivity contribution in [1.82, 2.24) is 4.98 Å². The molecule has 4 nitrogen and oxygen atoms in total. The molecule has 1 saturated heterocycles. The van der Waals surface area contributed by atoms with Gasteiger partial charge in [0.15, 0.2) is 0 Å². The summed E-state index contributed by atoms with van der Waals surface area (Å²) in [6, 6.07) is 4.00. The van der Waals surface area contributed by atoms with Crippen LogP contribution in [-0.2, 0) is 0 Å². The lowest BCUT2D eigenvalue weighted by atomic mass is 10.2. The number of rotatable bonds is 3. The van der Waals surface area contributed by atoms with E-state index in [0.29, 0.717) is 6.04 Å². The summed E-state index contributed by atoms with van der Waals surface area (Å²) in [5, 5.41) is 8.87. The molecule has 1 aromatic rings. The van der Waals surface area contributed by atoms with Crippen molar-refractivity contribution >= 4 is 23.4 Å². The van der Waals surface area contributed by atoms with Gasteiger partial charge in [0.05, 0.1) is 0 Å². The van der Waals surface area contributed by atoms with E-state index in [2.05, 4.69) is 9.88 Å². The molecule has 2 rings (SSSR count). The summed E-state index contributed by atoms with van der Waals surface area (Å²) >= 11 is 1.94. The second kappa shape index (κ2) is 4.74. The molecule has 1 N–H and O–H groups in total. The molecule has 1 aromatic heterocycles. The molecule has 0 aliphatic carbocycles. The Morgan fingerprint density at radius 3 is 3.12 bits per heavy atom. The fraction of sp³-hybridized carbons (Fsp3) is 0.455. The second-order valence-electron chi connectivity index (χ2n) is 3.83. The van der Waals surface area contributed by atoms with Gasteiger partial charge in [0, 0.05) is 30.7 Å². The molecular formula is C11H14N2O2S. The third-order valence-corrected chi connectivity index (χ3v) is 3.97. The van der Waals surface area contributed by atoms with Gasteiger partial charge in [0.2, 0.25) is 0 Å². The first-order chi connectivity index (χ1) is 7.68. The summed E-state index contributed by atoms with van der Waals surface area (Å²) in [5.41, 5.74) is 1.04. The number of carbonyl (C=O) groups is 1. The van der Waals surface area contributed by atoms with Gasteiger partial charge in [-0.25, -0.2) is 9.78 Å². The molecule has 5 heteroatoms. The Bertz CT molecular complexity index is 391. The first-order valence-electron chi connectivity index (χ1n) is 5.18. The van der Waals surface area contributed by atoms with E-state index < -0.39 is 5.97 Å². The van der Waals surface area contributed by atoms with E-state index in [9.17, 15) is 4.79 Å². The minimum atomic E-state index is -0.976. The largest absolute Gasteiger partial charge is 0.477 e. The van der Waals surface area contributed by atoms with Crippen LogP contribution in [-0.4, -0.2) is 40.7 Å². The summed E-state index contributed by atoms with van der Waals surface area (Å²) in [7, 11) is 2.01. The average Bonchev–Trinajstić information content (AvgIpc) is 2.81. The number of aromatic carboxylic acids is 1. The Labute approximate surface area is 98.7 Å². The van der Waals surface area contributed by atoms with Gasteiger partial charge in [-0.05, 0) is 24.3 Å². The molecule has 16 heavy (non-hydrogen) atoms. The van der Waals surface area contributed by atoms with E-state index in [0.717, 1.165) is 17.9 Å². The zero-order valence-electron chi connectivity index (χ0n) is 9.09. The molecule has 1 unspecified atom stereocenters.